The number of amides is 1. The van der Waals surface area contributed by atoms with Crippen LogP contribution in [0.1, 0.15) is 30.6 Å². The third kappa shape index (κ3) is 3.95. The van der Waals surface area contributed by atoms with Gasteiger partial charge in [0, 0.05) is 26.2 Å². The zero-order chi connectivity index (χ0) is 13.7. The third-order valence-corrected chi connectivity index (χ3v) is 2.74. The van der Waals surface area contributed by atoms with E-state index >= 15 is 0 Å². The van der Waals surface area contributed by atoms with Crippen molar-refractivity contribution >= 4 is 17.3 Å². The summed E-state index contributed by atoms with van der Waals surface area (Å²) in [5.41, 5.74) is 8.06. The van der Waals surface area contributed by atoms with Gasteiger partial charge in [0.15, 0.2) is 0 Å². The van der Waals surface area contributed by atoms with E-state index in [1.54, 1.807) is 31.1 Å². The molecule has 1 amide bonds. The second-order valence-electron chi connectivity index (χ2n) is 5.11. The second-order valence-corrected chi connectivity index (χ2v) is 5.11. The summed E-state index contributed by atoms with van der Waals surface area (Å²) < 4.78 is 0. The molecule has 0 aliphatic carbocycles. The van der Waals surface area contributed by atoms with Gasteiger partial charge < -0.3 is 16.0 Å². The summed E-state index contributed by atoms with van der Waals surface area (Å²) in [6.07, 6.45) is 1.07. The fraction of sp³-hybridized carbons (Fsp3) is 0.500. The molecule has 0 aromatic heterocycles. The van der Waals surface area contributed by atoms with Crippen LogP contribution in [0.3, 0.4) is 0 Å². The Morgan fingerprint density at radius 3 is 2.61 bits per heavy atom. The predicted octanol–water partition coefficient (Wildman–Crippen LogP) is 2.43. The van der Waals surface area contributed by atoms with Crippen LogP contribution in [-0.4, -0.2) is 31.4 Å². The molecule has 1 aromatic rings. The number of hydrogen-bond donors (Lipinski definition) is 2. The Hall–Kier alpha value is -1.71. The van der Waals surface area contributed by atoms with Crippen molar-refractivity contribution in [2.45, 2.75) is 20.3 Å². The first kappa shape index (κ1) is 14.4. The number of carbonyl (C=O) groups excluding carboxylic acids is 1. The molecule has 18 heavy (non-hydrogen) atoms. The van der Waals surface area contributed by atoms with Gasteiger partial charge in [0.2, 0.25) is 0 Å². The van der Waals surface area contributed by atoms with E-state index < -0.39 is 0 Å². The van der Waals surface area contributed by atoms with E-state index in [9.17, 15) is 4.79 Å². The summed E-state index contributed by atoms with van der Waals surface area (Å²) in [4.78, 5) is 13.4. The molecule has 0 aliphatic heterocycles. The van der Waals surface area contributed by atoms with Crippen molar-refractivity contribution in [2.24, 2.45) is 5.92 Å². The normalized spacial score (nSPS) is 10.5. The number of carbonyl (C=O) groups is 1. The number of rotatable bonds is 5. The van der Waals surface area contributed by atoms with Gasteiger partial charge in [0.05, 0.1) is 11.4 Å². The van der Waals surface area contributed by atoms with E-state index in [4.69, 9.17) is 5.73 Å². The molecule has 0 radical (unpaired) electrons. The third-order valence-electron chi connectivity index (χ3n) is 2.74. The summed E-state index contributed by atoms with van der Waals surface area (Å²) in [6, 6.07) is 5.34. The van der Waals surface area contributed by atoms with Gasteiger partial charge in [0.1, 0.15) is 0 Å². The van der Waals surface area contributed by atoms with Crippen LogP contribution in [0.2, 0.25) is 0 Å². The molecular formula is C14H23N3O. The molecule has 100 valence electrons. The Morgan fingerprint density at radius 2 is 2.06 bits per heavy atom. The number of benzene rings is 1. The van der Waals surface area contributed by atoms with Crippen LogP contribution in [0.15, 0.2) is 18.2 Å². The van der Waals surface area contributed by atoms with Crippen LogP contribution in [0, 0.1) is 5.92 Å². The van der Waals surface area contributed by atoms with Gasteiger partial charge >= 0.3 is 0 Å². The zero-order valence-corrected chi connectivity index (χ0v) is 11.7. The molecule has 3 N–H and O–H groups in total. The fourth-order valence-corrected chi connectivity index (χ4v) is 1.60. The van der Waals surface area contributed by atoms with Crippen molar-refractivity contribution in [3.63, 3.8) is 0 Å². The quantitative estimate of drug-likeness (QED) is 0.788. The Labute approximate surface area is 109 Å². The van der Waals surface area contributed by atoms with Crippen LogP contribution in [0.25, 0.3) is 0 Å². The molecule has 4 nitrogen and oxygen atoms in total. The maximum atomic E-state index is 11.8. The van der Waals surface area contributed by atoms with E-state index in [1.165, 1.54) is 0 Å². The first-order chi connectivity index (χ1) is 8.41. The average Bonchev–Trinajstić information content (AvgIpc) is 2.30. The average molecular weight is 249 g/mol. The van der Waals surface area contributed by atoms with Crippen molar-refractivity contribution < 1.29 is 4.79 Å². The Kier molecular flexibility index (Phi) is 5.01. The molecule has 4 heteroatoms. The SMILES string of the molecule is CC(C)CCNc1cc(C(=O)N(C)C)ccc1N. The second kappa shape index (κ2) is 6.28. The van der Waals surface area contributed by atoms with E-state index in [0.29, 0.717) is 17.2 Å². The number of nitrogens with two attached hydrogens (primary N) is 1. The summed E-state index contributed by atoms with van der Waals surface area (Å²) >= 11 is 0. The van der Waals surface area contributed by atoms with Gasteiger partial charge in [-0.1, -0.05) is 13.8 Å². The molecule has 0 saturated heterocycles. The smallest absolute Gasteiger partial charge is 0.253 e. The highest BCUT2D eigenvalue weighted by Gasteiger charge is 2.10. The number of nitrogens with zero attached hydrogens (tertiary/aromatic N) is 1. The van der Waals surface area contributed by atoms with Gasteiger partial charge in [-0.15, -0.1) is 0 Å². The molecular weight excluding hydrogens is 226 g/mol. The number of hydrogen-bond acceptors (Lipinski definition) is 3. The van der Waals surface area contributed by atoms with Gasteiger partial charge in [-0.2, -0.15) is 0 Å². The minimum Gasteiger partial charge on any atom is -0.397 e. The molecule has 0 heterocycles. The van der Waals surface area contributed by atoms with Crippen LogP contribution < -0.4 is 11.1 Å². The lowest BCUT2D eigenvalue weighted by Crippen LogP contribution is -2.21. The minimum absolute atomic E-state index is 0.0121. The first-order valence-electron chi connectivity index (χ1n) is 6.27. The largest absolute Gasteiger partial charge is 0.397 e. The van der Waals surface area contributed by atoms with E-state index in [1.807, 2.05) is 6.07 Å². The van der Waals surface area contributed by atoms with Gasteiger partial charge in [0.25, 0.3) is 5.91 Å². The van der Waals surface area contributed by atoms with Crippen molar-refractivity contribution in [1.29, 1.82) is 0 Å². The Balaban J connectivity index is 2.78. The van der Waals surface area contributed by atoms with Crippen LogP contribution in [0.4, 0.5) is 11.4 Å². The minimum atomic E-state index is -0.0121. The zero-order valence-electron chi connectivity index (χ0n) is 11.7. The number of nitrogen functional groups attached to an aromatic ring is 1. The molecule has 1 aromatic carbocycles. The Bertz CT molecular complexity index is 414. The van der Waals surface area contributed by atoms with Crippen molar-refractivity contribution in [3.05, 3.63) is 23.8 Å². The van der Waals surface area contributed by atoms with E-state index in [-0.39, 0.29) is 5.91 Å². The Morgan fingerprint density at radius 1 is 1.39 bits per heavy atom. The summed E-state index contributed by atoms with van der Waals surface area (Å²) in [5, 5.41) is 3.28. The number of anilines is 2. The number of nitrogens with one attached hydrogen (secondary N) is 1. The molecule has 0 aliphatic rings. The van der Waals surface area contributed by atoms with Crippen LogP contribution >= 0.6 is 0 Å². The first-order valence-corrected chi connectivity index (χ1v) is 6.27. The summed E-state index contributed by atoms with van der Waals surface area (Å²) in [6.45, 7) is 5.22. The maximum Gasteiger partial charge on any atom is 0.253 e. The van der Waals surface area contributed by atoms with Gasteiger partial charge in [-0.3, -0.25) is 4.79 Å². The lowest BCUT2D eigenvalue weighted by molar-refractivity contribution is 0.0827. The van der Waals surface area contributed by atoms with Crippen molar-refractivity contribution in [2.75, 3.05) is 31.7 Å². The monoisotopic (exact) mass is 249 g/mol. The molecule has 0 atom stereocenters. The highest BCUT2D eigenvalue weighted by atomic mass is 16.2. The fourth-order valence-electron chi connectivity index (χ4n) is 1.60. The highest BCUT2D eigenvalue weighted by molar-refractivity contribution is 5.95. The molecule has 0 unspecified atom stereocenters. The standard InChI is InChI=1S/C14H23N3O/c1-10(2)7-8-16-13-9-11(5-6-12(13)15)14(18)17(3)4/h5-6,9-10,16H,7-8,15H2,1-4H3. The van der Waals surface area contributed by atoms with Crippen molar-refractivity contribution in [3.8, 4) is 0 Å². The molecule has 0 bridgehead atoms. The molecule has 0 fully saturated rings. The highest BCUT2D eigenvalue weighted by Crippen LogP contribution is 2.21. The van der Waals surface area contributed by atoms with Gasteiger partial charge in [-0.25, -0.2) is 0 Å². The van der Waals surface area contributed by atoms with Crippen LogP contribution in [0.5, 0.6) is 0 Å². The van der Waals surface area contributed by atoms with Crippen LogP contribution in [-0.2, 0) is 0 Å². The maximum absolute atomic E-state index is 11.8. The lowest BCUT2D eigenvalue weighted by Gasteiger charge is -2.14. The summed E-state index contributed by atoms with van der Waals surface area (Å²) in [7, 11) is 3.48. The molecule has 0 saturated carbocycles. The lowest BCUT2D eigenvalue weighted by atomic mass is 10.1. The predicted molar refractivity (Wildman–Crippen MR) is 76.8 cm³/mol. The van der Waals surface area contributed by atoms with E-state index in [2.05, 4.69) is 19.2 Å². The molecule has 1 rings (SSSR count). The molecule has 0 spiro atoms. The van der Waals surface area contributed by atoms with Crippen molar-refractivity contribution in [1.82, 2.24) is 4.90 Å². The van der Waals surface area contributed by atoms with Gasteiger partial charge in [-0.05, 0) is 30.5 Å². The topological polar surface area (TPSA) is 58.4 Å². The summed E-state index contributed by atoms with van der Waals surface area (Å²) in [5.74, 6) is 0.632. The van der Waals surface area contributed by atoms with E-state index in [0.717, 1.165) is 18.7 Å².